The minimum atomic E-state index is -1.78. The summed E-state index contributed by atoms with van der Waals surface area (Å²) < 4.78 is 14.6. The average molecular weight is 324 g/mol. The number of rotatable bonds is 4. The number of hydrogen-bond donors (Lipinski definition) is 2. The van der Waals surface area contributed by atoms with E-state index >= 15 is 0 Å². The van der Waals surface area contributed by atoms with Gasteiger partial charge in [-0.15, -0.1) is 0 Å². The minimum absolute atomic E-state index is 0.111. The largest absolute Gasteiger partial charge is 0.387 e. The van der Waals surface area contributed by atoms with Crippen LogP contribution in [-0.4, -0.2) is 20.2 Å². The summed E-state index contributed by atoms with van der Waals surface area (Å²) in [6.45, 7) is 1.48. The molecule has 0 amide bonds. The summed E-state index contributed by atoms with van der Waals surface area (Å²) in [6.07, 6.45) is 0.336. The van der Waals surface area contributed by atoms with Gasteiger partial charge in [-0.05, 0) is 18.1 Å². The van der Waals surface area contributed by atoms with Crippen LogP contribution in [0.15, 0.2) is 66.9 Å². The van der Waals surface area contributed by atoms with E-state index in [0.29, 0.717) is 11.1 Å². The predicted molar refractivity (Wildman–Crippen MR) is 87.6 cm³/mol. The molecular weight excluding hydrogens is 307 g/mol. The molecule has 0 radical (unpaired) electrons. The monoisotopic (exact) mass is 324 g/mol. The van der Waals surface area contributed by atoms with Crippen LogP contribution in [0.3, 0.4) is 0 Å². The van der Waals surface area contributed by atoms with Crippen LogP contribution in [-0.2, 0) is 5.60 Å². The molecule has 0 saturated carbocycles. The number of nitrogens with zero attached hydrogens (tertiary/aromatic N) is 2. The lowest BCUT2D eigenvalue weighted by molar-refractivity contribution is 0.113. The summed E-state index contributed by atoms with van der Waals surface area (Å²) in [5.74, 6) is -0.913. The van der Waals surface area contributed by atoms with E-state index in [1.807, 2.05) is 12.1 Å². The molecule has 4 nitrogen and oxygen atoms in total. The first-order valence-electron chi connectivity index (χ1n) is 7.58. The molecule has 0 aliphatic rings. The van der Waals surface area contributed by atoms with Gasteiger partial charge in [0.2, 0.25) is 5.95 Å². The van der Waals surface area contributed by atoms with Crippen molar-refractivity contribution < 1.29 is 14.6 Å². The van der Waals surface area contributed by atoms with Gasteiger partial charge in [-0.3, -0.25) is 4.98 Å². The first-order valence-corrected chi connectivity index (χ1v) is 7.58. The number of halogens is 1. The molecule has 0 bridgehead atoms. The molecule has 1 atom stereocenters. The Hall–Kier alpha value is -2.63. The first kappa shape index (κ1) is 16.2. The third-order valence-electron chi connectivity index (χ3n) is 3.90. The van der Waals surface area contributed by atoms with Crippen molar-refractivity contribution in [3.8, 4) is 0 Å². The Balaban J connectivity index is 2.24. The fourth-order valence-corrected chi connectivity index (χ4v) is 2.62. The van der Waals surface area contributed by atoms with E-state index in [2.05, 4.69) is 9.97 Å². The number of benzene rings is 2. The number of hydrogen-bond acceptors (Lipinski definition) is 4. The summed E-state index contributed by atoms with van der Waals surface area (Å²) in [5, 5.41) is 21.0. The Bertz CT molecular complexity index is 784. The van der Waals surface area contributed by atoms with Gasteiger partial charge >= 0.3 is 0 Å². The van der Waals surface area contributed by atoms with Crippen LogP contribution in [0, 0.1) is 5.95 Å². The van der Waals surface area contributed by atoms with Crippen LogP contribution in [0.5, 0.6) is 0 Å². The number of aromatic nitrogens is 2. The Morgan fingerprint density at radius 3 is 1.88 bits per heavy atom. The van der Waals surface area contributed by atoms with Crippen molar-refractivity contribution in [2.75, 3.05) is 0 Å². The maximum absolute atomic E-state index is 14.6. The van der Waals surface area contributed by atoms with Crippen LogP contribution in [0.4, 0.5) is 4.39 Å². The molecule has 0 aliphatic heterocycles. The maximum atomic E-state index is 14.6. The van der Waals surface area contributed by atoms with Crippen LogP contribution >= 0.6 is 0 Å². The van der Waals surface area contributed by atoms with E-state index in [1.54, 1.807) is 48.5 Å². The Labute approximate surface area is 139 Å². The van der Waals surface area contributed by atoms with Crippen molar-refractivity contribution in [1.29, 1.82) is 0 Å². The molecular formula is C19H17FN2O2. The van der Waals surface area contributed by atoms with E-state index in [9.17, 15) is 14.6 Å². The van der Waals surface area contributed by atoms with Gasteiger partial charge in [-0.25, -0.2) is 4.98 Å². The average Bonchev–Trinajstić information content (AvgIpc) is 2.62. The second kappa shape index (κ2) is 6.47. The van der Waals surface area contributed by atoms with Crippen molar-refractivity contribution in [3.63, 3.8) is 0 Å². The van der Waals surface area contributed by atoms with E-state index in [0.717, 1.165) is 0 Å². The third-order valence-corrected chi connectivity index (χ3v) is 3.90. The smallest absolute Gasteiger partial charge is 0.238 e. The second-order valence-electron chi connectivity index (χ2n) is 5.55. The van der Waals surface area contributed by atoms with Gasteiger partial charge < -0.3 is 10.2 Å². The van der Waals surface area contributed by atoms with Crippen molar-refractivity contribution in [3.05, 3.63) is 95.3 Å². The van der Waals surface area contributed by atoms with Gasteiger partial charge in [-0.2, -0.15) is 4.39 Å². The molecule has 2 aromatic carbocycles. The quantitative estimate of drug-likeness (QED) is 0.774. The first-order chi connectivity index (χ1) is 11.5. The normalized spacial score (nSPS) is 12.8. The van der Waals surface area contributed by atoms with Gasteiger partial charge in [0.1, 0.15) is 5.69 Å². The number of aliphatic hydroxyl groups excluding tert-OH is 1. The molecule has 0 aliphatic carbocycles. The molecule has 0 saturated heterocycles. The zero-order chi connectivity index (χ0) is 17.2. The lowest BCUT2D eigenvalue weighted by Crippen LogP contribution is -2.32. The van der Waals surface area contributed by atoms with Gasteiger partial charge in [0.05, 0.1) is 18.0 Å². The molecule has 24 heavy (non-hydrogen) atoms. The van der Waals surface area contributed by atoms with Crippen molar-refractivity contribution in [2.45, 2.75) is 18.6 Å². The Morgan fingerprint density at radius 2 is 1.46 bits per heavy atom. The molecule has 122 valence electrons. The fourth-order valence-electron chi connectivity index (χ4n) is 2.62. The highest BCUT2D eigenvalue weighted by Gasteiger charge is 2.38. The SMILES string of the molecule is CC(O)c1cnc(C(O)(c2ccccc2)c2ccccc2)c(F)n1. The molecule has 1 aromatic heterocycles. The van der Waals surface area contributed by atoms with Crippen LogP contribution in [0.1, 0.15) is 35.5 Å². The van der Waals surface area contributed by atoms with Crippen molar-refractivity contribution in [1.82, 2.24) is 9.97 Å². The number of aliphatic hydroxyl groups is 2. The second-order valence-corrected chi connectivity index (χ2v) is 5.55. The fraction of sp³-hybridized carbons (Fsp3) is 0.158. The van der Waals surface area contributed by atoms with Crippen LogP contribution in [0.2, 0.25) is 0 Å². The topological polar surface area (TPSA) is 66.2 Å². The molecule has 0 spiro atoms. The Morgan fingerprint density at radius 1 is 0.958 bits per heavy atom. The lowest BCUT2D eigenvalue weighted by atomic mass is 9.83. The molecule has 1 heterocycles. The van der Waals surface area contributed by atoms with E-state index < -0.39 is 17.7 Å². The highest BCUT2D eigenvalue weighted by atomic mass is 19.1. The molecule has 1 unspecified atom stereocenters. The molecule has 0 fully saturated rings. The van der Waals surface area contributed by atoms with Gasteiger partial charge in [0, 0.05) is 0 Å². The molecule has 3 aromatic rings. The summed E-state index contributed by atoms with van der Waals surface area (Å²) in [5.41, 5.74) is -0.913. The zero-order valence-electron chi connectivity index (χ0n) is 13.1. The van der Waals surface area contributed by atoms with Gasteiger partial charge in [-0.1, -0.05) is 60.7 Å². The van der Waals surface area contributed by atoms with Crippen molar-refractivity contribution in [2.24, 2.45) is 0 Å². The lowest BCUT2D eigenvalue weighted by Gasteiger charge is -2.29. The predicted octanol–water partition coefficient (Wildman–Crippen LogP) is 2.95. The van der Waals surface area contributed by atoms with Crippen LogP contribution < -0.4 is 0 Å². The van der Waals surface area contributed by atoms with E-state index in [1.165, 1.54) is 13.1 Å². The summed E-state index contributed by atoms with van der Waals surface area (Å²) in [4.78, 5) is 7.83. The summed E-state index contributed by atoms with van der Waals surface area (Å²) >= 11 is 0. The van der Waals surface area contributed by atoms with Gasteiger partial charge in [0.15, 0.2) is 5.60 Å². The van der Waals surface area contributed by atoms with Gasteiger partial charge in [0.25, 0.3) is 0 Å². The molecule has 2 N–H and O–H groups in total. The Kier molecular flexibility index (Phi) is 4.38. The highest BCUT2D eigenvalue weighted by Crippen LogP contribution is 2.36. The van der Waals surface area contributed by atoms with E-state index in [-0.39, 0.29) is 11.4 Å². The minimum Gasteiger partial charge on any atom is -0.387 e. The molecule has 5 heteroatoms. The molecule has 3 rings (SSSR count). The third kappa shape index (κ3) is 2.79. The maximum Gasteiger partial charge on any atom is 0.238 e. The summed E-state index contributed by atoms with van der Waals surface area (Å²) in [6, 6.07) is 17.5. The summed E-state index contributed by atoms with van der Waals surface area (Å²) in [7, 11) is 0. The standard InChI is InChI=1S/C19H17FN2O2/c1-13(23)16-12-21-17(18(20)22-16)19(24,14-8-4-2-5-9-14)15-10-6-3-7-11-15/h2-13,23-24H,1H3. The zero-order valence-corrected chi connectivity index (χ0v) is 13.1. The van der Waals surface area contributed by atoms with Crippen LogP contribution in [0.25, 0.3) is 0 Å². The van der Waals surface area contributed by atoms with E-state index in [4.69, 9.17) is 0 Å². The van der Waals surface area contributed by atoms with Crippen molar-refractivity contribution >= 4 is 0 Å². The highest BCUT2D eigenvalue weighted by molar-refractivity contribution is 5.44.